The summed E-state index contributed by atoms with van der Waals surface area (Å²) < 4.78 is 13.6. The third-order valence-corrected chi connectivity index (χ3v) is 7.30. The Morgan fingerprint density at radius 3 is 2.19 bits per heavy atom. The second-order valence-electron chi connectivity index (χ2n) is 9.66. The summed E-state index contributed by atoms with van der Waals surface area (Å²) in [5.41, 5.74) is 5.33. The van der Waals surface area contributed by atoms with E-state index in [1.54, 1.807) is 28.8 Å². The van der Waals surface area contributed by atoms with Gasteiger partial charge in [0.15, 0.2) is 0 Å². The fourth-order valence-electron chi connectivity index (χ4n) is 4.27. The van der Waals surface area contributed by atoms with E-state index >= 15 is 0 Å². The molecule has 2 atom stereocenters. The Bertz CT molecular complexity index is 1150. The Morgan fingerprint density at radius 1 is 0.919 bits per heavy atom. The van der Waals surface area contributed by atoms with Crippen LogP contribution in [0.1, 0.15) is 48.1 Å². The molecule has 3 aromatic carbocycles. The summed E-state index contributed by atoms with van der Waals surface area (Å²) in [6, 6.07) is 21.6. The second-order valence-corrected chi connectivity index (χ2v) is 10.6. The lowest BCUT2D eigenvalue weighted by atomic mass is 10.0. The van der Waals surface area contributed by atoms with Gasteiger partial charge in [-0.15, -0.1) is 11.8 Å². The van der Waals surface area contributed by atoms with Gasteiger partial charge in [0.2, 0.25) is 11.8 Å². The van der Waals surface area contributed by atoms with Crippen molar-refractivity contribution in [2.24, 2.45) is 0 Å². The molecule has 0 aliphatic heterocycles. The average Bonchev–Trinajstić information content (AvgIpc) is 2.87. The normalized spacial score (nSPS) is 12.6. The smallest absolute Gasteiger partial charge is 0.243 e. The first kappa shape index (κ1) is 28.5. The highest BCUT2D eigenvalue weighted by Crippen LogP contribution is 2.20. The first-order chi connectivity index (χ1) is 17.7. The van der Waals surface area contributed by atoms with Gasteiger partial charge in [-0.1, -0.05) is 78.7 Å². The molecule has 3 aromatic rings. The van der Waals surface area contributed by atoms with Gasteiger partial charge in [-0.05, 0) is 56.0 Å². The first-order valence-electron chi connectivity index (χ1n) is 12.8. The van der Waals surface area contributed by atoms with Gasteiger partial charge in [-0.2, -0.15) is 0 Å². The number of benzene rings is 3. The molecule has 0 saturated heterocycles. The van der Waals surface area contributed by atoms with E-state index in [9.17, 15) is 14.0 Å². The quantitative estimate of drug-likeness (QED) is 0.308. The lowest BCUT2D eigenvalue weighted by molar-refractivity contribution is -0.139. The third kappa shape index (κ3) is 9.04. The molecule has 0 unspecified atom stereocenters. The van der Waals surface area contributed by atoms with Crippen LogP contribution >= 0.6 is 11.8 Å². The number of carbonyl (C=O) groups is 2. The van der Waals surface area contributed by atoms with Gasteiger partial charge in [0, 0.05) is 24.8 Å². The number of rotatable bonds is 12. The highest BCUT2D eigenvalue weighted by Gasteiger charge is 2.30. The van der Waals surface area contributed by atoms with Crippen LogP contribution in [-0.2, 0) is 28.3 Å². The van der Waals surface area contributed by atoms with E-state index in [0.29, 0.717) is 12.2 Å². The van der Waals surface area contributed by atoms with Crippen LogP contribution < -0.4 is 5.32 Å². The van der Waals surface area contributed by atoms with E-state index in [1.165, 1.54) is 28.8 Å². The van der Waals surface area contributed by atoms with Gasteiger partial charge in [-0.3, -0.25) is 9.59 Å². The molecule has 0 aliphatic rings. The first-order valence-corrected chi connectivity index (χ1v) is 13.9. The monoisotopic (exact) mass is 520 g/mol. The number of carbonyl (C=O) groups excluding carboxylic acids is 2. The molecule has 6 heteroatoms. The van der Waals surface area contributed by atoms with Crippen molar-refractivity contribution in [1.29, 1.82) is 0 Å². The van der Waals surface area contributed by atoms with Gasteiger partial charge >= 0.3 is 0 Å². The molecule has 0 spiro atoms. The molecule has 4 nitrogen and oxygen atoms in total. The van der Waals surface area contributed by atoms with Gasteiger partial charge in [0.05, 0.1) is 5.75 Å². The topological polar surface area (TPSA) is 49.4 Å². The molecule has 3 rings (SSSR count). The van der Waals surface area contributed by atoms with Crippen LogP contribution in [0.4, 0.5) is 4.39 Å². The SMILES string of the molecule is CC[C@H](C)NC(=O)[C@@H](Cc1ccccc1)N(Cc1ccc(F)cc1)C(=O)CSCc1cc(C)cc(C)c1. The number of hydrogen-bond acceptors (Lipinski definition) is 3. The van der Waals surface area contributed by atoms with E-state index in [-0.39, 0.29) is 36.0 Å². The number of nitrogens with one attached hydrogen (secondary N) is 1. The van der Waals surface area contributed by atoms with Gasteiger partial charge in [0.25, 0.3) is 0 Å². The summed E-state index contributed by atoms with van der Waals surface area (Å²) in [6.45, 7) is 8.35. The maximum atomic E-state index is 13.7. The number of thioether (sulfide) groups is 1. The maximum absolute atomic E-state index is 13.7. The Hall–Kier alpha value is -3.12. The molecule has 0 bridgehead atoms. The summed E-state index contributed by atoms with van der Waals surface area (Å²) in [5, 5.41) is 3.07. The van der Waals surface area contributed by atoms with Crippen molar-refractivity contribution in [2.75, 3.05) is 5.75 Å². The average molecular weight is 521 g/mol. The number of nitrogens with zero attached hydrogens (tertiary/aromatic N) is 1. The molecular weight excluding hydrogens is 483 g/mol. The predicted octanol–water partition coefficient (Wildman–Crippen LogP) is 6.23. The molecule has 37 heavy (non-hydrogen) atoms. The Morgan fingerprint density at radius 2 is 1.57 bits per heavy atom. The molecule has 0 aliphatic carbocycles. The zero-order valence-electron chi connectivity index (χ0n) is 22.2. The molecular formula is C31H37FN2O2S. The Labute approximate surface area is 224 Å². The van der Waals surface area contributed by atoms with Gasteiger partial charge in [0.1, 0.15) is 11.9 Å². The van der Waals surface area contributed by atoms with E-state index in [2.05, 4.69) is 37.4 Å². The van der Waals surface area contributed by atoms with Gasteiger partial charge in [-0.25, -0.2) is 4.39 Å². The fourth-order valence-corrected chi connectivity index (χ4v) is 5.12. The molecule has 0 heterocycles. The van der Waals surface area contributed by atoms with Gasteiger partial charge < -0.3 is 10.2 Å². The number of aryl methyl sites for hydroxylation is 2. The second kappa shape index (κ2) is 14.0. The minimum Gasteiger partial charge on any atom is -0.352 e. The highest BCUT2D eigenvalue weighted by atomic mass is 32.2. The van der Waals surface area contributed by atoms with Crippen molar-refractivity contribution in [3.05, 3.63) is 106 Å². The number of halogens is 1. The van der Waals surface area contributed by atoms with Crippen molar-refractivity contribution >= 4 is 23.6 Å². The Balaban J connectivity index is 1.85. The van der Waals surface area contributed by atoms with E-state index in [4.69, 9.17) is 0 Å². The van der Waals surface area contributed by atoms with Crippen LogP contribution in [0.25, 0.3) is 0 Å². The minimum atomic E-state index is -0.684. The van der Waals surface area contributed by atoms with Crippen LogP contribution in [0.3, 0.4) is 0 Å². The molecule has 0 aromatic heterocycles. The minimum absolute atomic E-state index is 0.00696. The molecule has 1 N–H and O–H groups in total. The molecule has 0 radical (unpaired) electrons. The summed E-state index contributed by atoms with van der Waals surface area (Å²) in [7, 11) is 0. The molecule has 0 fully saturated rings. The lowest BCUT2D eigenvalue weighted by Gasteiger charge is -2.32. The molecule has 2 amide bonds. The van der Waals surface area contributed by atoms with Crippen LogP contribution in [0.15, 0.2) is 72.8 Å². The zero-order valence-corrected chi connectivity index (χ0v) is 23.0. The van der Waals surface area contributed by atoms with E-state index < -0.39 is 6.04 Å². The summed E-state index contributed by atoms with van der Waals surface area (Å²) in [5.74, 6) is 0.338. The summed E-state index contributed by atoms with van der Waals surface area (Å²) in [4.78, 5) is 28.8. The Kier molecular flexibility index (Phi) is 10.8. The third-order valence-electron chi connectivity index (χ3n) is 6.31. The summed E-state index contributed by atoms with van der Waals surface area (Å²) in [6.07, 6.45) is 1.19. The van der Waals surface area contributed by atoms with Crippen molar-refractivity contribution < 1.29 is 14.0 Å². The fraction of sp³-hybridized carbons (Fsp3) is 0.355. The number of amides is 2. The number of hydrogen-bond donors (Lipinski definition) is 1. The van der Waals surface area contributed by atoms with Crippen LogP contribution in [0, 0.1) is 19.7 Å². The van der Waals surface area contributed by atoms with Crippen LogP contribution in [0.5, 0.6) is 0 Å². The molecule has 0 saturated carbocycles. The molecule has 196 valence electrons. The van der Waals surface area contributed by atoms with E-state index in [1.807, 2.05) is 44.2 Å². The maximum Gasteiger partial charge on any atom is 0.243 e. The van der Waals surface area contributed by atoms with Crippen LogP contribution in [-0.4, -0.2) is 34.6 Å². The standard InChI is InChI=1S/C31H37FN2O2S/c1-5-24(4)33-31(36)29(18-25-9-7-6-8-10-25)34(19-26-11-13-28(32)14-12-26)30(35)21-37-20-27-16-22(2)15-23(3)17-27/h6-17,24,29H,5,18-21H2,1-4H3,(H,33,36)/t24-,29+/m0/s1. The van der Waals surface area contributed by atoms with Crippen molar-refractivity contribution in [2.45, 2.75) is 64.9 Å². The summed E-state index contributed by atoms with van der Waals surface area (Å²) >= 11 is 1.54. The van der Waals surface area contributed by atoms with Crippen molar-refractivity contribution in [3.8, 4) is 0 Å². The van der Waals surface area contributed by atoms with Crippen molar-refractivity contribution in [3.63, 3.8) is 0 Å². The lowest BCUT2D eigenvalue weighted by Crippen LogP contribution is -2.52. The zero-order chi connectivity index (χ0) is 26.8. The predicted molar refractivity (Wildman–Crippen MR) is 151 cm³/mol. The largest absolute Gasteiger partial charge is 0.352 e. The van der Waals surface area contributed by atoms with Crippen molar-refractivity contribution in [1.82, 2.24) is 10.2 Å². The highest BCUT2D eigenvalue weighted by molar-refractivity contribution is 7.99. The van der Waals surface area contributed by atoms with Crippen LogP contribution in [0.2, 0.25) is 0 Å². The van der Waals surface area contributed by atoms with E-state index in [0.717, 1.165) is 17.5 Å².